The van der Waals surface area contributed by atoms with E-state index in [-0.39, 0.29) is 24.0 Å². The van der Waals surface area contributed by atoms with Gasteiger partial charge in [0, 0.05) is 24.8 Å². The molecule has 7 nitrogen and oxygen atoms in total. The third-order valence-corrected chi connectivity index (χ3v) is 7.06. The van der Waals surface area contributed by atoms with Crippen molar-refractivity contribution in [3.63, 3.8) is 0 Å². The van der Waals surface area contributed by atoms with Crippen molar-refractivity contribution in [2.75, 3.05) is 34.4 Å². The minimum atomic E-state index is -4.60. The van der Waals surface area contributed by atoms with Crippen LogP contribution in [0.25, 0.3) is 22.6 Å². The molecule has 0 atom stereocenters. The Morgan fingerprint density at radius 1 is 1.14 bits per heavy atom. The molecular weight excluding hydrogens is 485 g/mol. The van der Waals surface area contributed by atoms with E-state index in [1.54, 1.807) is 0 Å². The zero-order valence-electron chi connectivity index (χ0n) is 22.1. The van der Waals surface area contributed by atoms with Gasteiger partial charge < -0.3 is 18.9 Å². The van der Waals surface area contributed by atoms with Crippen LogP contribution in [-0.4, -0.2) is 54.2 Å². The van der Waals surface area contributed by atoms with Crippen molar-refractivity contribution in [1.29, 1.82) is 0 Å². The maximum Gasteiger partial charge on any atom is 0.433 e. The van der Waals surface area contributed by atoms with Crippen molar-refractivity contribution < 1.29 is 27.2 Å². The number of rotatable bonds is 11. The first kappa shape index (κ1) is 27.2. The number of benzene rings is 1. The zero-order valence-corrected chi connectivity index (χ0v) is 22.1. The molecule has 0 spiro atoms. The van der Waals surface area contributed by atoms with Gasteiger partial charge in [-0.1, -0.05) is 37.6 Å². The summed E-state index contributed by atoms with van der Waals surface area (Å²) in [5.74, 6) is 1.18. The standard InChI is InChI=1S/C27H35F3N4O3/c1-6-17-13-18(14-17)34-26(27(28,29)30)21(15-31-34)25-22(16-35-5)24(32-37-25)20-9-8-10-23(19(20)7-2)36-12-11-33(3)4/h8-10,15,17-18H,6-7,11-14,16H2,1-5H3/t17-,18+. The monoisotopic (exact) mass is 520 g/mol. The van der Waals surface area contributed by atoms with Crippen LogP contribution in [0.3, 0.4) is 0 Å². The molecule has 1 aliphatic carbocycles. The summed E-state index contributed by atoms with van der Waals surface area (Å²) in [4.78, 5) is 2.03. The van der Waals surface area contributed by atoms with Gasteiger partial charge >= 0.3 is 6.18 Å². The zero-order chi connectivity index (χ0) is 26.7. The van der Waals surface area contributed by atoms with E-state index < -0.39 is 11.9 Å². The molecule has 2 aromatic heterocycles. The number of likely N-dealkylation sites (N-methyl/N-ethyl adjacent to an activating group) is 1. The van der Waals surface area contributed by atoms with Crippen LogP contribution in [0.5, 0.6) is 5.75 Å². The maximum absolute atomic E-state index is 14.3. The second-order valence-electron chi connectivity index (χ2n) is 9.81. The highest BCUT2D eigenvalue weighted by Gasteiger charge is 2.44. The number of nitrogens with zero attached hydrogens (tertiary/aromatic N) is 4. The van der Waals surface area contributed by atoms with E-state index >= 15 is 0 Å². The Bertz CT molecular complexity index is 1200. The quantitative estimate of drug-likeness (QED) is 0.298. The molecule has 0 unspecified atom stereocenters. The Hall–Kier alpha value is -2.85. The van der Waals surface area contributed by atoms with Gasteiger partial charge in [0.25, 0.3) is 0 Å². The molecule has 0 N–H and O–H groups in total. The number of halogens is 3. The van der Waals surface area contributed by atoms with Crippen molar-refractivity contribution in [1.82, 2.24) is 19.8 Å². The average Bonchev–Trinajstić information content (AvgIpc) is 3.42. The number of aromatic nitrogens is 3. The van der Waals surface area contributed by atoms with Gasteiger partial charge in [-0.2, -0.15) is 18.3 Å². The molecule has 37 heavy (non-hydrogen) atoms. The van der Waals surface area contributed by atoms with Gasteiger partial charge in [0.2, 0.25) is 0 Å². The van der Waals surface area contributed by atoms with E-state index in [9.17, 15) is 13.2 Å². The van der Waals surface area contributed by atoms with Crippen molar-refractivity contribution >= 4 is 0 Å². The van der Waals surface area contributed by atoms with Crippen LogP contribution in [-0.2, 0) is 23.9 Å². The maximum atomic E-state index is 14.3. The third-order valence-electron chi connectivity index (χ3n) is 7.06. The lowest BCUT2D eigenvalue weighted by atomic mass is 9.78. The Kier molecular flexibility index (Phi) is 8.28. The molecule has 1 fully saturated rings. The first-order valence-electron chi connectivity index (χ1n) is 12.7. The van der Waals surface area contributed by atoms with E-state index in [4.69, 9.17) is 14.0 Å². The SMILES string of the molecule is CCc1c(OCCN(C)C)cccc1-c1noc(-c2cnn([C@H]3C[C@@H](CC)C3)c2C(F)(F)F)c1COC. The lowest BCUT2D eigenvalue weighted by molar-refractivity contribution is -0.145. The summed E-state index contributed by atoms with van der Waals surface area (Å²) in [5.41, 5.74) is 1.64. The second kappa shape index (κ2) is 11.3. The highest BCUT2D eigenvalue weighted by molar-refractivity contribution is 5.76. The fourth-order valence-electron chi connectivity index (χ4n) is 4.96. The molecule has 4 rings (SSSR count). The largest absolute Gasteiger partial charge is 0.492 e. The lowest BCUT2D eigenvalue weighted by Crippen LogP contribution is -2.30. The third kappa shape index (κ3) is 5.55. The van der Waals surface area contributed by atoms with Gasteiger partial charge in [0.1, 0.15) is 18.1 Å². The highest BCUT2D eigenvalue weighted by atomic mass is 19.4. The molecule has 0 bridgehead atoms. The van der Waals surface area contributed by atoms with Crippen molar-refractivity contribution in [3.05, 3.63) is 41.2 Å². The first-order valence-corrected chi connectivity index (χ1v) is 12.7. The van der Waals surface area contributed by atoms with Crippen molar-refractivity contribution in [3.8, 4) is 28.3 Å². The van der Waals surface area contributed by atoms with E-state index in [0.717, 1.165) is 28.8 Å². The molecule has 1 saturated carbocycles. The predicted molar refractivity (Wildman–Crippen MR) is 134 cm³/mol. The van der Waals surface area contributed by atoms with Crippen LogP contribution >= 0.6 is 0 Å². The summed E-state index contributed by atoms with van der Waals surface area (Å²) >= 11 is 0. The van der Waals surface area contributed by atoms with Crippen molar-refractivity contribution in [2.45, 2.75) is 58.4 Å². The minimum Gasteiger partial charge on any atom is -0.492 e. The molecule has 0 amide bonds. The molecule has 1 aromatic carbocycles. The van der Waals surface area contributed by atoms with Gasteiger partial charge in [-0.25, -0.2) is 0 Å². The smallest absolute Gasteiger partial charge is 0.433 e. The van der Waals surface area contributed by atoms with Crippen LogP contribution in [0.15, 0.2) is 28.9 Å². The average molecular weight is 521 g/mol. The molecule has 0 saturated heterocycles. The van der Waals surface area contributed by atoms with Crippen LogP contribution < -0.4 is 4.74 Å². The highest BCUT2D eigenvalue weighted by Crippen LogP contribution is 2.47. The minimum absolute atomic E-state index is 0.0303. The second-order valence-corrected chi connectivity index (χ2v) is 9.81. The number of ether oxygens (including phenoxy) is 2. The number of methoxy groups -OCH3 is 1. The van der Waals surface area contributed by atoms with E-state index in [0.29, 0.717) is 48.8 Å². The Morgan fingerprint density at radius 2 is 1.89 bits per heavy atom. The topological polar surface area (TPSA) is 65.5 Å². The summed E-state index contributed by atoms with van der Waals surface area (Å²) in [6, 6.07) is 5.35. The molecule has 0 radical (unpaired) electrons. The summed E-state index contributed by atoms with van der Waals surface area (Å²) in [5, 5.41) is 8.43. The summed E-state index contributed by atoms with van der Waals surface area (Å²) in [7, 11) is 5.44. The van der Waals surface area contributed by atoms with Gasteiger partial charge in [-0.3, -0.25) is 4.68 Å². The Balaban J connectivity index is 1.77. The molecular formula is C27H35F3N4O3. The van der Waals surface area contributed by atoms with Crippen LogP contribution in [0.2, 0.25) is 0 Å². The summed E-state index contributed by atoms with van der Waals surface area (Å²) in [6.07, 6.45) is -0.384. The lowest BCUT2D eigenvalue weighted by Gasteiger charge is -2.36. The normalized spacial score (nSPS) is 17.9. The summed E-state index contributed by atoms with van der Waals surface area (Å²) in [6.45, 7) is 5.35. The number of hydrogen-bond donors (Lipinski definition) is 0. The first-order chi connectivity index (χ1) is 17.7. The molecule has 0 aliphatic heterocycles. The Labute approximate surface area is 215 Å². The van der Waals surface area contributed by atoms with Gasteiger partial charge in [-0.15, -0.1) is 0 Å². The van der Waals surface area contributed by atoms with Gasteiger partial charge in [0.15, 0.2) is 11.5 Å². The van der Waals surface area contributed by atoms with Crippen LogP contribution in [0.4, 0.5) is 13.2 Å². The van der Waals surface area contributed by atoms with E-state index in [2.05, 4.69) is 17.2 Å². The number of alkyl halides is 3. The fourth-order valence-corrected chi connectivity index (χ4v) is 4.96. The molecule has 3 aromatic rings. The molecule has 1 aliphatic rings. The molecule has 202 valence electrons. The van der Waals surface area contributed by atoms with Gasteiger partial charge in [0.05, 0.1) is 30.0 Å². The van der Waals surface area contributed by atoms with E-state index in [1.165, 1.54) is 13.3 Å². The van der Waals surface area contributed by atoms with Crippen LogP contribution in [0.1, 0.15) is 56.0 Å². The summed E-state index contributed by atoms with van der Waals surface area (Å²) < 4.78 is 61.2. The van der Waals surface area contributed by atoms with E-state index in [1.807, 2.05) is 44.1 Å². The van der Waals surface area contributed by atoms with Gasteiger partial charge in [-0.05, 0) is 45.3 Å². The van der Waals surface area contributed by atoms with Crippen molar-refractivity contribution in [2.24, 2.45) is 5.92 Å². The Morgan fingerprint density at radius 3 is 2.51 bits per heavy atom. The molecule has 10 heteroatoms. The van der Waals surface area contributed by atoms with Crippen LogP contribution in [0, 0.1) is 5.92 Å². The molecule has 2 heterocycles. The predicted octanol–water partition coefficient (Wildman–Crippen LogP) is 6.23. The number of hydrogen-bond acceptors (Lipinski definition) is 6. The fraction of sp³-hybridized carbons (Fsp3) is 0.556.